The number of rotatable bonds is 8. The van der Waals surface area contributed by atoms with Gasteiger partial charge in [0.1, 0.15) is 5.54 Å². The summed E-state index contributed by atoms with van der Waals surface area (Å²) in [6.07, 6.45) is 2.31. The van der Waals surface area contributed by atoms with Crippen LogP contribution in [0.4, 0.5) is 0 Å². The van der Waals surface area contributed by atoms with E-state index in [0.717, 1.165) is 13.0 Å². The highest BCUT2D eigenvalue weighted by molar-refractivity contribution is 5.88. The summed E-state index contributed by atoms with van der Waals surface area (Å²) in [5.41, 5.74) is 3.16. The number of likely N-dealkylation sites (N-methyl/N-ethyl adjacent to an activating group) is 1. The monoisotopic (exact) mass is 379 g/mol. The fourth-order valence-electron chi connectivity index (χ4n) is 3.93. The van der Waals surface area contributed by atoms with Crippen molar-refractivity contribution >= 4 is 11.8 Å². The van der Waals surface area contributed by atoms with Gasteiger partial charge >= 0.3 is 0 Å². The summed E-state index contributed by atoms with van der Waals surface area (Å²) in [6, 6.07) is 18.7. The summed E-state index contributed by atoms with van der Waals surface area (Å²) in [5, 5.41) is 5.77. The first kappa shape index (κ1) is 20.1. The molecule has 0 heterocycles. The van der Waals surface area contributed by atoms with E-state index in [-0.39, 0.29) is 11.8 Å². The minimum Gasteiger partial charge on any atom is -0.355 e. The summed E-state index contributed by atoms with van der Waals surface area (Å²) in [6.45, 7) is 3.16. The Hall–Kier alpha value is -2.66. The van der Waals surface area contributed by atoms with Crippen LogP contribution in [0, 0.1) is 0 Å². The SMILES string of the molecule is CC(=O)NCCNC(=O)C1(N(C)CCc2ccccc2)Cc2ccccc2C1. The highest BCUT2D eigenvalue weighted by atomic mass is 16.2. The van der Waals surface area contributed by atoms with Crippen molar-refractivity contribution in [1.29, 1.82) is 0 Å². The molecule has 0 saturated carbocycles. The second-order valence-corrected chi connectivity index (χ2v) is 7.55. The van der Waals surface area contributed by atoms with Gasteiger partial charge in [0.05, 0.1) is 0 Å². The van der Waals surface area contributed by atoms with Gasteiger partial charge in [-0.3, -0.25) is 14.5 Å². The van der Waals surface area contributed by atoms with Gasteiger partial charge in [-0.2, -0.15) is 0 Å². The third-order valence-corrected chi connectivity index (χ3v) is 5.60. The standard InChI is InChI=1S/C23H29N3O2/c1-18(27)24-13-14-25-22(28)23(16-20-10-6-7-11-21(20)17-23)26(2)15-12-19-8-4-3-5-9-19/h3-11H,12-17H2,1-2H3,(H,24,27)(H,25,28). The number of nitrogens with one attached hydrogen (secondary N) is 2. The van der Waals surface area contributed by atoms with Crippen molar-refractivity contribution in [3.8, 4) is 0 Å². The van der Waals surface area contributed by atoms with Gasteiger partial charge in [0.25, 0.3) is 0 Å². The number of carbonyl (C=O) groups excluding carboxylic acids is 2. The Morgan fingerprint density at radius 1 is 0.929 bits per heavy atom. The second-order valence-electron chi connectivity index (χ2n) is 7.55. The maximum atomic E-state index is 13.3. The first-order chi connectivity index (χ1) is 13.5. The Labute approximate surface area is 167 Å². The van der Waals surface area contributed by atoms with Crippen LogP contribution in [0.1, 0.15) is 23.6 Å². The molecular weight excluding hydrogens is 350 g/mol. The maximum Gasteiger partial charge on any atom is 0.241 e. The molecule has 0 aliphatic heterocycles. The van der Waals surface area contributed by atoms with Crippen molar-refractivity contribution in [3.63, 3.8) is 0 Å². The van der Waals surface area contributed by atoms with Crippen LogP contribution in [0.5, 0.6) is 0 Å². The minimum atomic E-state index is -0.589. The molecule has 0 atom stereocenters. The molecule has 5 heteroatoms. The van der Waals surface area contributed by atoms with Gasteiger partial charge in [-0.25, -0.2) is 0 Å². The lowest BCUT2D eigenvalue weighted by Gasteiger charge is -2.37. The van der Waals surface area contributed by atoms with E-state index in [9.17, 15) is 9.59 Å². The van der Waals surface area contributed by atoms with E-state index in [0.29, 0.717) is 25.9 Å². The molecule has 2 N–H and O–H groups in total. The third-order valence-electron chi connectivity index (χ3n) is 5.60. The maximum absolute atomic E-state index is 13.3. The molecule has 0 saturated heterocycles. The van der Waals surface area contributed by atoms with E-state index in [2.05, 4.69) is 39.8 Å². The van der Waals surface area contributed by atoms with Gasteiger partial charge in [0, 0.05) is 39.4 Å². The second kappa shape index (κ2) is 9.02. The van der Waals surface area contributed by atoms with Crippen LogP contribution >= 0.6 is 0 Å². The zero-order valence-electron chi connectivity index (χ0n) is 16.7. The van der Waals surface area contributed by atoms with E-state index in [1.54, 1.807) is 0 Å². The van der Waals surface area contributed by atoms with Crippen LogP contribution in [0.15, 0.2) is 54.6 Å². The summed E-state index contributed by atoms with van der Waals surface area (Å²) in [7, 11) is 2.04. The molecule has 0 unspecified atom stereocenters. The van der Waals surface area contributed by atoms with Crippen molar-refractivity contribution in [1.82, 2.24) is 15.5 Å². The van der Waals surface area contributed by atoms with Gasteiger partial charge in [0.15, 0.2) is 0 Å². The minimum absolute atomic E-state index is 0.0320. The Balaban J connectivity index is 1.71. The van der Waals surface area contributed by atoms with Crippen molar-refractivity contribution in [2.75, 3.05) is 26.7 Å². The molecule has 28 heavy (non-hydrogen) atoms. The average molecular weight is 380 g/mol. The van der Waals surface area contributed by atoms with Gasteiger partial charge in [-0.05, 0) is 30.2 Å². The summed E-state index contributed by atoms with van der Waals surface area (Å²) in [4.78, 5) is 26.5. The van der Waals surface area contributed by atoms with E-state index in [1.165, 1.54) is 23.6 Å². The molecule has 0 spiro atoms. The lowest BCUT2D eigenvalue weighted by atomic mass is 9.91. The molecule has 2 aromatic carbocycles. The molecule has 2 aromatic rings. The third kappa shape index (κ3) is 4.60. The molecule has 0 radical (unpaired) electrons. The van der Waals surface area contributed by atoms with Crippen molar-refractivity contribution in [3.05, 3.63) is 71.3 Å². The number of amides is 2. The van der Waals surface area contributed by atoms with Crippen LogP contribution < -0.4 is 10.6 Å². The summed E-state index contributed by atoms with van der Waals surface area (Å²) >= 11 is 0. The number of benzene rings is 2. The Kier molecular flexibility index (Phi) is 6.47. The lowest BCUT2D eigenvalue weighted by Crippen LogP contribution is -2.59. The largest absolute Gasteiger partial charge is 0.355 e. The number of fused-ring (bicyclic) bond motifs is 1. The molecular formula is C23H29N3O2. The Morgan fingerprint density at radius 3 is 2.11 bits per heavy atom. The Morgan fingerprint density at radius 2 is 1.50 bits per heavy atom. The van der Waals surface area contributed by atoms with Crippen LogP contribution in [-0.2, 0) is 28.9 Å². The highest BCUT2D eigenvalue weighted by Gasteiger charge is 2.46. The number of nitrogens with zero attached hydrogens (tertiary/aromatic N) is 1. The molecule has 3 rings (SSSR count). The fraction of sp³-hybridized carbons (Fsp3) is 0.391. The van der Waals surface area contributed by atoms with Crippen LogP contribution in [0.25, 0.3) is 0 Å². The van der Waals surface area contributed by atoms with Crippen molar-refractivity contribution in [2.24, 2.45) is 0 Å². The van der Waals surface area contributed by atoms with Crippen LogP contribution in [-0.4, -0.2) is 48.9 Å². The molecule has 5 nitrogen and oxygen atoms in total. The first-order valence-corrected chi connectivity index (χ1v) is 9.86. The Bertz CT molecular complexity index is 795. The van der Waals surface area contributed by atoms with Gasteiger partial charge in [0.2, 0.25) is 11.8 Å². The molecule has 1 aliphatic carbocycles. The smallest absolute Gasteiger partial charge is 0.241 e. The van der Waals surface area contributed by atoms with Crippen LogP contribution in [0.3, 0.4) is 0 Å². The summed E-state index contributed by atoms with van der Waals surface area (Å²) < 4.78 is 0. The van der Waals surface area contributed by atoms with E-state index >= 15 is 0 Å². The van der Waals surface area contributed by atoms with E-state index in [1.807, 2.05) is 37.4 Å². The zero-order valence-corrected chi connectivity index (χ0v) is 16.7. The topological polar surface area (TPSA) is 61.4 Å². The van der Waals surface area contributed by atoms with Crippen molar-refractivity contribution in [2.45, 2.75) is 31.7 Å². The lowest BCUT2D eigenvalue weighted by molar-refractivity contribution is -0.132. The van der Waals surface area contributed by atoms with Gasteiger partial charge in [-0.15, -0.1) is 0 Å². The summed E-state index contributed by atoms with van der Waals surface area (Å²) in [5.74, 6) is -0.0539. The highest BCUT2D eigenvalue weighted by Crippen LogP contribution is 2.34. The normalized spacial score (nSPS) is 14.5. The molecule has 0 fully saturated rings. The molecule has 0 aromatic heterocycles. The van der Waals surface area contributed by atoms with Gasteiger partial charge < -0.3 is 10.6 Å². The molecule has 1 aliphatic rings. The molecule has 148 valence electrons. The first-order valence-electron chi connectivity index (χ1n) is 9.86. The predicted molar refractivity (Wildman–Crippen MR) is 111 cm³/mol. The number of carbonyl (C=O) groups is 2. The quantitative estimate of drug-likeness (QED) is 0.689. The fourth-order valence-corrected chi connectivity index (χ4v) is 3.93. The average Bonchev–Trinajstić information content (AvgIpc) is 3.11. The number of hydrogen-bond donors (Lipinski definition) is 2. The van der Waals surface area contributed by atoms with Crippen LogP contribution in [0.2, 0.25) is 0 Å². The van der Waals surface area contributed by atoms with Gasteiger partial charge in [-0.1, -0.05) is 54.6 Å². The van der Waals surface area contributed by atoms with E-state index in [4.69, 9.17) is 0 Å². The van der Waals surface area contributed by atoms with E-state index < -0.39 is 5.54 Å². The molecule has 0 bridgehead atoms. The number of hydrogen-bond acceptors (Lipinski definition) is 3. The van der Waals surface area contributed by atoms with Crippen molar-refractivity contribution < 1.29 is 9.59 Å². The molecule has 2 amide bonds. The predicted octanol–water partition coefficient (Wildman–Crippen LogP) is 1.95. The zero-order chi connectivity index (χ0) is 20.0.